The molecule has 0 aliphatic heterocycles. The molecular formula is C5H7N3O2. The van der Waals surface area contributed by atoms with E-state index in [0.717, 1.165) is 4.68 Å². The Morgan fingerprint density at radius 2 is 2.60 bits per heavy atom. The molecule has 0 fully saturated rings. The van der Waals surface area contributed by atoms with Gasteiger partial charge in [0, 0.05) is 12.4 Å². The lowest BCUT2D eigenvalue weighted by Crippen LogP contribution is -2.17. The van der Waals surface area contributed by atoms with Crippen molar-refractivity contribution < 1.29 is 9.53 Å². The molecular weight excluding hydrogens is 134 g/mol. The first-order valence-corrected chi connectivity index (χ1v) is 2.62. The summed E-state index contributed by atoms with van der Waals surface area (Å²) in [6, 6.07) is 0. The van der Waals surface area contributed by atoms with Crippen molar-refractivity contribution in [1.82, 2.24) is 9.66 Å². The molecule has 54 valence electrons. The van der Waals surface area contributed by atoms with Crippen LogP contribution in [0.5, 0.6) is 0 Å². The van der Waals surface area contributed by atoms with Gasteiger partial charge in [-0.2, -0.15) is 0 Å². The summed E-state index contributed by atoms with van der Waals surface area (Å²) in [5.74, 6) is 4.84. The third kappa shape index (κ3) is 0.928. The van der Waals surface area contributed by atoms with E-state index in [1.165, 1.54) is 19.5 Å². The van der Waals surface area contributed by atoms with Crippen LogP contribution in [-0.2, 0) is 4.74 Å². The molecule has 0 aliphatic carbocycles. The number of methoxy groups -OCH3 is 1. The summed E-state index contributed by atoms with van der Waals surface area (Å²) in [6.45, 7) is 0. The van der Waals surface area contributed by atoms with Crippen LogP contribution in [0.2, 0.25) is 0 Å². The van der Waals surface area contributed by atoms with Gasteiger partial charge in [-0.15, -0.1) is 0 Å². The number of hydrogen-bond donors (Lipinski definition) is 1. The van der Waals surface area contributed by atoms with Gasteiger partial charge in [-0.1, -0.05) is 0 Å². The topological polar surface area (TPSA) is 70.1 Å². The monoisotopic (exact) mass is 141 g/mol. The quantitative estimate of drug-likeness (QED) is 0.418. The van der Waals surface area contributed by atoms with Crippen LogP contribution in [0.4, 0.5) is 0 Å². The molecule has 0 aromatic carbocycles. The third-order valence-electron chi connectivity index (χ3n) is 1.04. The van der Waals surface area contributed by atoms with Crippen molar-refractivity contribution in [2.75, 3.05) is 13.0 Å². The molecule has 0 saturated carbocycles. The molecule has 0 radical (unpaired) electrons. The van der Waals surface area contributed by atoms with Crippen molar-refractivity contribution in [1.29, 1.82) is 0 Å². The molecule has 5 nitrogen and oxygen atoms in total. The largest absolute Gasteiger partial charge is 0.463 e. The molecule has 0 aliphatic rings. The number of carbonyl (C=O) groups is 1. The Balaban J connectivity index is 2.93. The molecule has 0 spiro atoms. The standard InChI is InChI=1S/C5H7N3O2/c1-10-5(9)4-7-2-3-8(4)6/h2-3H,6H2,1H3. The van der Waals surface area contributed by atoms with Crippen molar-refractivity contribution in [2.24, 2.45) is 0 Å². The van der Waals surface area contributed by atoms with Crippen LogP contribution in [0.15, 0.2) is 12.4 Å². The minimum Gasteiger partial charge on any atom is -0.463 e. The summed E-state index contributed by atoms with van der Waals surface area (Å²) < 4.78 is 5.48. The van der Waals surface area contributed by atoms with Crippen LogP contribution in [0.25, 0.3) is 0 Å². The van der Waals surface area contributed by atoms with Crippen molar-refractivity contribution in [3.05, 3.63) is 18.2 Å². The summed E-state index contributed by atoms with van der Waals surface area (Å²) in [5, 5.41) is 0. The maximum absolute atomic E-state index is 10.7. The lowest BCUT2D eigenvalue weighted by atomic mass is 10.6. The lowest BCUT2D eigenvalue weighted by molar-refractivity contribution is 0.0584. The van der Waals surface area contributed by atoms with E-state index in [1.807, 2.05) is 0 Å². The normalized spacial score (nSPS) is 9.30. The Bertz CT molecular complexity index is 243. The van der Waals surface area contributed by atoms with Gasteiger partial charge < -0.3 is 10.6 Å². The Labute approximate surface area is 57.4 Å². The fraction of sp³-hybridized carbons (Fsp3) is 0.200. The van der Waals surface area contributed by atoms with Crippen LogP contribution in [0, 0.1) is 0 Å². The van der Waals surface area contributed by atoms with Gasteiger partial charge in [-0.3, -0.25) is 0 Å². The van der Waals surface area contributed by atoms with Gasteiger partial charge in [0.25, 0.3) is 0 Å². The molecule has 1 rings (SSSR count). The van der Waals surface area contributed by atoms with Crippen molar-refractivity contribution >= 4 is 5.97 Å². The van der Waals surface area contributed by atoms with Crippen molar-refractivity contribution in [3.63, 3.8) is 0 Å². The molecule has 0 bridgehead atoms. The summed E-state index contributed by atoms with van der Waals surface area (Å²) in [6.07, 6.45) is 2.89. The average molecular weight is 141 g/mol. The molecule has 0 amide bonds. The van der Waals surface area contributed by atoms with E-state index >= 15 is 0 Å². The summed E-state index contributed by atoms with van der Waals surface area (Å²) in [7, 11) is 1.27. The van der Waals surface area contributed by atoms with Crippen LogP contribution < -0.4 is 5.84 Å². The zero-order valence-electron chi connectivity index (χ0n) is 5.44. The Kier molecular flexibility index (Phi) is 1.57. The SMILES string of the molecule is COC(=O)c1nccn1N. The molecule has 0 unspecified atom stereocenters. The van der Waals surface area contributed by atoms with Gasteiger partial charge >= 0.3 is 5.97 Å². The number of nitrogens with two attached hydrogens (primary N) is 1. The minimum atomic E-state index is -0.535. The van der Waals surface area contributed by atoms with E-state index in [0.29, 0.717) is 0 Å². The number of carbonyl (C=O) groups excluding carboxylic acids is 1. The predicted molar refractivity (Wildman–Crippen MR) is 33.7 cm³/mol. The summed E-state index contributed by atoms with van der Waals surface area (Å²) >= 11 is 0. The van der Waals surface area contributed by atoms with Crippen molar-refractivity contribution in [2.45, 2.75) is 0 Å². The number of ether oxygens (including phenoxy) is 1. The smallest absolute Gasteiger partial charge is 0.376 e. The second-order valence-corrected chi connectivity index (χ2v) is 1.65. The number of nitrogen functional groups attached to an aromatic ring is 1. The second kappa shape index (κ2) is 2.38. The van der Waals surface area contributed by atoms with E-state index in [9.17, 15) is 4.79 Å². The van der Waals surface area contributed by atoms with Gasteiger partial charge in [0.05, 0.1) is 7.11 Å². The van der Waals surface area contributed by atoms with Crippen molar-refractivity contribution in [3.8, 4) is 0 Å². The average Bonchev–Trinajstić information content (AvgIpc) is 2.34. The Morgan fingerprint density at radius 3 is 3.00 bits per heavy atom. The molecule has 1 aromatic heterocycles. The van der Waals surface area contributed by atoms with Gasteiger partial charge in [0.1, 0.15) is 0 Å². The first-order chi connectivity index (χ1) is 4.75. The lowest BCUT2D eigenvalue weighted by Gasteiger charge is -1.96. The number of aromatic nitrogens is 2. The van der Waals surface area contributed by atoms with E-state index in [1.54, 1.807) is 0 Å². The molecule has 0 saturated heterocycles. The number of rotatable bonds is 1. The maximum Gasteiger partial charge on any atom is 0.376 e. The van der Waals surface area contributed by atoms with E-state index in [4.69, 9.17) is 5.84 Å². The van der Waals surface area contributed by atoms with Crippen LogP contribution >= 0.6 is 0 Å². The number of imidazole rings is 1. The van der Waals surface area contributed by atoms with E-state index in [-0.39, 0.29) is 5.82 Å². The maximum atomic E-state index is 10.7. The summed E-state index contributed by atoms with van der Waals surface area (Å²) in [4.78, 5) is 14.4. The van der Waals surface area contributed by atoms with Gasteiger partial charge in [-0.25, -0.2) is 14.5 Å². The van der Waals surface area contributed by atoms with E-state index < -0.39 is 5.97 Å². The molecule has 10 heavy (non-hydrogen) atoms. The van der Waals surface area contributed by atoms with Gasteiger partial charge in [0.15, 0.2) is 0 Å². The fourth-order valence-corrected chi connectivity index (χ4v) is 0.562. The highest BCUT2D eigenvalue weighted by Gasteiger charge is 2.09. The summed E-state index contributed by atoms with van der Waals surface area (Å²) in [5.41, 5.74) is 0. The Morgan fingerprint density at radius 1 is 1.90 bits per heavy atom. The number of hydrogen-bond acceptors (Lipinski definition) is 4. The van der Waals surface area contributed by atoms with Gasteiger partial charge in [0.2, 0.25) is 5.82 Å². The number of nitrogens with zero attached hydrogens (tertiary/aromatic N) is 2. The first kappa shape index (κ1) is 6.60. The molecule has 2 N–H and O–H groups in total. The first-order valence-electron chi connectivity index (χ1n) is 2.62. The second-order valence-electron chi connectivity index (χ2n) is 1.65. The van der Waals surface area contributed by atoms with Crippen LogP contribution in [-0.4, -0.2) is 22.7 Å². The molecule has 1 aromatic rings. The zero-order chi connectivity index (χ0) is 7.56. The number of esters is 1. The predicted octanol–water partition coefficient (Wildman–Crippen LogP) is -0.617. The highest BCUT2D eigenvalue weighted by molar-refractivity contribution is 5.85. The minimum absolute atomic E-state index is 0.0995. The van der Waals surface area contributed by atoms with Crippen LogP contribution in [0.1, 0.15) is 10.6 Å². The molecule has 1 heterocycles. The Hall–Kier alpha value is -1.52. The molecule has 5 heteroatoms. The molecule has 0 atom stereocenters. The fourth-order valence-electron chi connectivity index (χ4n) is 0.562. The van der Waals surface area contributed by atoms with Crippen LogP contribution in [0.3, 0.4) is 0 Å². The van der Waals surface area contributed by atoms with Gasteiger partial charge in [-0.05, 0) is 0 Å². The highest BCUT2D eigenvalue weighted by Crippen LogP contribution is 1.92. The highest BCUT2D eigenvalue weighted by atomic mass is 16.5. The third-order valence-corrected chi connectivity index (χ3v) is 1.04. The zero-order valence-corrected chi connectivity index (χ0v) is 5.44. The van der Waals surface area contributed by atoms with E-state index in [2.05, 4.69) is 9.72 Å².